The zero-order chi connectivity index (χ0) is 24.7. The highest BCUT2D eigenvalue weighted by Gasteiger charge is 2.33. The predicted molar refractivity (Wildman–Crippen MR) is 134 cm³/mol. The number of nitriles is 1. The van der Waals surface area contributed by atoms with Gasteiger partial charge in [-0.2, -0.15) is 5.26 Å². The molecule has 1 aromatic carbocycles. The van der Waals surface area contributed by atoms with Crippen LogP contribution in [0.3, 0.4) is 0 Å². The van der Waals surface area contributed by atoms with Crippen LogP contribution >= 0.6 is 0 Å². The number of anilines is 1. The molecule has 0 radical (unpaired) electrons. The van der Waals surface area contributed by atoms with Crippen LogP contribution in [0.5, 0.6) is 0 Å². The molecule has 9 heteroatoms. The quantitative estimate of drug-likeness (QED) is 0.468. The summed E-state index contributed by atoms with van der Waals surface area (Å²) in [6.07, 6.45) is 4.89. The Morgan fingerprint density at radius 3 is 2.89 bits per heavy atom. The number of benzene rings is 1. The minimum absolute atomic E-state index is 0.219. The van der Waals surface area contributed by atoms with Crippen LogP contribution in [0, 0.1) is 11.3 Å². The van der Waals surface area contributed by atoms with Gasteiger partial charge < -0.3 is 15.0 Å². The largest absolute Gasteiger partial charge is 0.375 e. The van der Waals surface area contributed by atoms with E-state index in [2.05, 4.69) is 26.4 Å². The lowest BCUT2D eigenvalue weighted by Gasteiger charge is -2.30. The van der Waals surface area contributed by atoms with E-state index in [9.17, 15) is 10.1 Å². The van der Waals surface area contributed by atoms with Crippen molar-refractivity contribution in [1.29, 1.82) is 5.26 Å². The smallest absolute Gasteiger partial charge is 0.251 e. The van der Waals surface area contributed by atoms with E-state index in [1.165, 1.54) is 6.42 Å². The van der Waals surface area contributed by atoms with E-state index in [1.807, 2.05) is 43.5 Å². The molecule has 2 aliphatic rings. The number of hydrogen-bond donors (Lipinski definition) is 1. The van der Waals surface area contributed by atoms with Crippen molar-refractivity contribution < 1.29 is 9.53 Å². The molecule has 180 valence electrons. The Hall–Kier alpha value is -4.29. The van der Waals surface area contributed by atoms with Gasteiger partial charge in [-0.05, 0) is 54.8 Å². The summed E-state index contributed by atoms with van der Waals surface area (Å²) in [5.74, 6) is 1.48. The number of nitrogens with one attached hydrogen (secondary N) is 1. The number of carbonyl (C=O) groups excluding carboxylic acids is 1. The van der Waals surface area contributed by atoms with Gasteiger partial charge in [-0.3, -0.25) is 9.78 Å². The van der Waals surface area contributed by atoms with Crippen molar-refractivity contribution in [1.82, 2.24) is 25.1 Å². The summed E-state index contributed by atoms with van der Waals surface area (Å²) >= 11 is 0. The lowest BCUT2D eigenvalue weighted by atomic mass is 9.79. The van der Waals surface area contributed by atoms with Crippen LogP contribution in [-0.2, 0) is 23.3 Å². The molecule has 0 unspecified atom stereocenters. The summed E-state index contributed by atoms with van der Waals surface area (Å²) < 4.78 is 7.34. The second-order valence-corrected chi connectivity index (χ2v) is 9.49. The van der Waals surface area contributed by atoms with E-state index in [4.69, 9.17) is 9.72 Å². The molecule has 36 heavy (non-hydrogen) atoms. The van der Waals surface area contributed by atoms with Crippen LogP contribution in [0.1, 0.15) is 40.5 Å². The first kappa shape index (κ1) is 22.2. The average molecular weight is 480 g/mol. The summed E-state index contributed by atoms with van der Waals surface area (Å²) in [6.45, 7) is 4.94. The van der Waals surface area contributed by atoms with Crippen LogP contribution < -0.4 is 10.2 Å². The van der Waals surface area contributed by atoms with Gasteiger partial charge >= 0.3 is 0 Å². The Morgan fingerprint density at radius 2 is 2.08 bits per heavy atom. The number of rotatable bonds is 5. The van der Waals surface area contributed by atoms with Crippen LogP contribution in [0.4, 0.5) is 5.82 Å². The van der Waals surface area contributed by atoms with E-state index >= 15 is 0 Å². The van der Waals surface area contributed by atoms with E-state index in [-0.39, 0.29) is 12.5 Å². The molecule has 3 aromatic heterocycles. The van der Waals surface area contributed by atoms with Gasteiger partial charge in [0.2, 0.25) is 0 Å². The van der Waals surface area contributed by atoms with Gasteiger partial charge in [0, 0.05) is 42.5 Å². The van der Waals surface area contributed by atoms with Crippen molar-refractivity contribution in [3.05, 3.63) is 77.2 Å². The van der Waals surface area contributed by atoms with Crippen molar-refractivity contribution >= 4 is 22.6 Å². The van der Waals surface area contributed by atoms with E-state index in [1.54, 1.807) is 23.0 Å². The van der Waals surface area contributed by atoms with E-state index < -0.39 is 5.41 Å². The Balaban J connectivity index is 1.19. The fourth-order valence-electron chi connectivity index (χ4n) is 4.59. The first-order chi connectivity index (χ1) is 17.5. The molecule has 1 atom stereocenters. The first-order valence-corrected chi connectivity index (χ1v) is 12.0. The summed E-state index contributed by atoms with van der Waals surface area (Å²) in [5.41, 5.74) is 3.02. The minimum atomic E-state index is -0.766. The molecular weight excluding hydrogens is 454 g/mol. The molecule has 0 aliphatic carbocycles. The van der Waals surface area contributed by atoms with Gasteiger partial charge in [0.15, 0.2) is 11.6 Å². The molecule has 5 heterocycles. The molecule has 6 rings (SSSR count). The van der Waals surface area contributed by atoms with Gasteiger partial charge in [-0.25, -0.2) is 9.67 Å². The Kier molecular flexibility index (Phi) is 5.38. The molecule has 0 bridgehead atoms. The molecule has 4 aromatic rings. The maximum Gasteiger partial charge on any atom is 0.251 e. The Labute approximate surface area is 208 Å². The van der Waals surface area contributed by atoms with E-state index in [0.717, 1.165) is 46.8 Å². The lowest BCUT2D eigenvalue weighted by Crippen LogP contribution is -2.37. The predicted octanol–water partition coefficient (Wildman–Crippen LogP) is 3.27. The Bertz CT molecular complexity index is 1520. The number of ether oxygens (including phenoxy) is 1. The highest BCUT2D eigenvalue weighted by molar-refractivity contribution is 5.94. The van der Waals surface area contributed by atoms with Crippen molar-refractivity contribution in [2.24, 2.45) is 0 Å². The Morgan fingerprint density at radius 1 is 1.19 bits per heavy atom. The number of carbonyl (C=O) groups is 1. The summed E-state index contributed by atoms with van der Waals surface area (Å²) in [6, 6.07) is 15.5. The van der Waals surface area contributed by atoms with Gasteiger partial charge in [-0.1, -0.05) is 6.07 Å². The normalized spacial score (nSPS) is 18.8. The van der Waals surface area contributed by atoms with Crippen molar-refractivity contribution in [3.8, 4) is 11.9 Å². The first-order valence-electron chi connectivity index (χ1n) is 12.0. The zero-order valence-corrected chi connectivity index (χ0v) is 19.9. The molecule has 9 nitrogen and oxygen atoms in total. The third-order valence-electron chi connectivity index (χ3n) is 6.90. The third-order valence-corrected chi connectivity index (χ3v) is 6.90. The summed E-state index contributed by atoms with van der Waals surface area (Å²) in [7, 11) is 0. The topological polar surface area (TPSA) is 109 Å². The van der Waals surface area contributed by atoms with Crippen molar-refractivity contribution in [2.75, 3.05) is 24.6 Å². The molecule has 1 fully saturated rings. The molecular formula is C27H25N7O2. The fourth-order valence-corrected chi connectivity index (χ4v) is 4.59. The number of pyridine rings is 2. The lowest BCUT2D eigenvalue weighted by molar-refractivity contribution is 0.0757. The number of fused-ring (bicyclic) bond motifs is 2. The standard InChI is InChI=1S/C27H25N7O2/c1-27(16-28)17-36-15-20-4-3-18(11-22(20)27)26(35)30-14-21-12-23-19(13-29-21)5-6-24(31-23)34-10-7-25(32-34)33-8-2-9-33/h3-7,10-13H,2,8-9,14-15,17H2,1H3,(H,30,35)/t27-/m1/s1. The fraction of sp³-hybridized carbons (Fsp3) is 0.296. The average Bonchev–Trinajstić information content (AvgIpc) is 3.35. The molecule has 2 aliphatic heterocycles. The molecule has 1 N–H and O–H groups in total. The van der Waals surface area contributed by atoms with Crippen LogP contribution in [0.2, 0.25) is 0 Å². The molecule has 1 amide bonds. The summed E-state index contributed by atoms with van der Waals surface area (Å²) in [4.78, 5) is 24.4. The van der Waals surface area contributed by atoms with Crippen molar-refractivity contribution in [3.63, 3.8) is 0 Å². The van der Waals surface area contributed by atoms with Crippen molar-refractivity contribution in [2.45, 2.75) is 31.9 Å². The van der Waals surface area contributed by atoms with Gasteiger partial charge in [0.1, 0.15) is 5.41 Å². The second kappa shape index (κ2) is 8.73. The van der Waals surface area contributed by atoms with Crippen LogP contribution in [0.25, 0.3) is 16.7 Å². The van der Waals surface area contributed by atoms with Crippen LogP contribution in [-0.4, -0.2) is 45.4 Å². The summed E-state index contributed by atoms with van der Waals surface area (Å²) in [5, 5.41) is 18.2. The van der Waals surface area contributed by atoms with Gasteiger partial charge in [0.05, 0.1) is 37.0 Å². The maximum absolute atomic E-state index is 12.9. The minimum Gasteiger partial charge on any atom is -0.375 e. The van der Waals surface area contributed by atoms with Crippen LogP contribution in [0.15, 0.2) is 54.9 Å². The highest BCUT2D eigenvalue weighted by Crippen LogP contribution is 2.32. The number of aromatic nitrogens is 4. The van der Waals surface area contributed by atoms with Gasteiger partial charge in [-0.15, -0.1) is 5.10 Å². The molecule has 0 saturated carbocycles. The number of nitrogens with zero attached hydrogens (tertiary/aromatic N) is 6. The van der Waals surface area contributed by atoms with Gasteiger partial charge in [0.25, 0.3) is 5.91 Å². The maximum atomic E-state index is 12.9. The number of amides is 1. The molecule has 1 saturated heterocycles. The number of hydrogen-bond acceptors (Lipinski definition) is 7. The zero-order valence-electron chi connectivity index (χ0n) is 19.9. The monoisotopic (exact) mass is 479 g/mol. The molecule has 0 spiro atoms. The third kappa shape index (κ3) is 3.95. The SMILES string of the molecule is C[C@@]1(C#N)COCc2ccc(C(=O)NCc3cc4nc(-n5ccc(N6CCC6)n5)ccc4cn3)cc21. The van der Waals surface area contributed by atoms with E-state index in [0.29, 0.717) is 24.5 Å². The highest BCUT2D eigenvalue weighted by atomic mass is 16.5. The second-order valence-electron chi connectivity index (χ2n) is 9.49.